The molecule has 0 saturated heterocycles. The average molecular weight is 260 g/mol. The molecule has 2 heteroatoms. The Morgan fingerprint density at radius 2 is 2.05 bits per heavy atom. The van der Waals surface area contributed by atoms with Gasteiger partial charge in [0.2, 0.25) is 0 Å². The third kappa shape index (κ3) is 4.61. The first kappa shape index (κ1) is 14.5. The Kier molecular flexibility index (Phi) is 5.84. The van der Waals surface area contributed by atoms with E-state index in [-0.39, 0.29) is 0 Å². The Balaban J connectivity index is 2.01. The van der Waals surface area contributed by atoms with Gasteiger partial charge >= 0.3 is 0 Å². The number of aryl methyl sites for hydroxylation is 1. The van der Waals surface area contributed by atoms with Crippen LogP contribution in [0, 0.1) is 12.8 Å². The summed E-state index contributed by atoms with van der Waals surface area (Å²) in [5.41, 5.74) is 2.64. The topological polar surface area (TPSA) is 24.9 Å². The molecule has 19 heavy (non-hydrogen) atoms. The van der Waals surface area contributed by atoms with Gasteiger partial charge in [0, 0.05) is 18.4 Å². The van der Waals surface area contributed by atoms with E-state index in [2.05, 4.69) is 30.2 Å². The predicted octanol–water partition coefficient (Wildman–Crippen LogP) is 4.40. The second kappa shape index (κ2) is 7.64. The van der Waals surface area contributed by atoms with Gasteiger partial charge in [-0.15, -0.1) is 0 Å². The lowest BCUT2D eigenvalue weighted by molar-refractivity contribution is 0.299. The molecule has 1 atom stereocenters. The van der Waals surface area contributed by atoms with Gasteiger partial charge in [-0.1, -0.05) is 45.1 Å². The van der Waals surface area contributed by atoms with Gasteiger partial charge in [0.1, 0.15) is 0 Å². The van der Waals surface area contributed by atoms with Crippen LogP contribution < -0.4 is 5.32 Å². The summed E-state index contributed by atoms with van der Waals surface area (Å²) in [7, 11) is 0. The third-order valence-electron chi connectivity index (χ3n) is 4.23. The lowest BCUT2D eigenvalue weighted by Crippen LogP contribution is -2.25. The van der Waals surface area contributed by atoms with Gasteiger partial charge in [-0.3, -0.25) is 4.98 Å². The molecule has 1 fully saturated rings. The van der Waals surface area contributed by atoms with Crippen molar-refractivity contribution >= 4 is 0 Å². The molecule has 1 aliphatic carbocycles. The fourth-order valence-electron chi connectivity index (χ4n) is 3.18. The second-order valence-electron chi connectivity index (χ2n) is 6.04. The van der Waals surface area contributed by atoms with Crippen molar-refractivity contribution in [3.63, 3.8) is 0 Å². The molecule has 2 nitrogen and oxygen atoms in total. The van der Waals surface area contributed by atoms with Crippen LogP contribution in [0.3, 0.4) is 0 Å². The first-order valence-electron chi connectivity index (χ1n) is 7.94. The molecule has 1 N–H and O–H groups in total. The highest BCUT2D eigenvalue weighted by atomic mass is 14.9. The molecule has 0 spiro atoms. The lowest BCUT2D eigenvalue weighted by Gasteiger charge is -2.27. The minimum absolute atomic E-state index is 0.496. The molecule has 1 saturated carbocycles. The monoisotopic (exact) mass is 260 g/mol. The van der Waals surface area contributed by atoms with E-state index >= 15 is 0 Å². The van der Waals surface area contributed by atoms with Crippen LogP contribution in [0.4, 0.5) is 0 Å². The Bertz CT molecular complexity index is 369. The minimum atomic E-state index is 0.496. The molecule has 1 heterocycles. The summed E-state index contributed by atoms with van der Waals surface area (Å²) in [4.78, 5) is 4.37. The van der Waals surface area contributed by atoms with Gasteiger partial charge in [0.05, 0.1) is 0 Å². The van der Waals surface area contributed by atoms with E-state index in [4.69, 9.17) is 0 Å². The Hall–Kier alpha value is -0.890. The van der Waals surface area contributed by atoms with Crippen molar-refractivity contribution in [1.82, 2.24) is 10.3 Å². The van der Waals surface area contributed by atoms with E-state index in [0.29, 0.717) is 6.04 Å². The number of nitrogens with one attached hydrogen (secondary N) is 1. The Morgan fingerprint density at radius 1 is 1.26 bits per heavy atom. The van der Waals surface area contributed by atoms with Gasteiger partial charge in [-0.05, 0) is 43.4 Å². The van der Waals surface area contributed by atoms with Crippen molar-refractivity contribution in [2.24, 2.45) is 5.92 Å². The zero-order valence-electron chi connectivity index (χ0n) is 12.5. The van der Waals surface area contributed by atoms with E-state index < -0.39 is 0 Å². The maximum absolute atomic E-state index is 4.37. The maximum Gasteiger partial charge on any atom is 0.0338 e. The van der Waals surface area contributed by atoms with E-state index in [0.717, 1.165) is 12.5 Å². The molecular weight excluding hydrogens is 232 g/mol. The van der Waals surface area contributed by atoms with Crippen molar-refractivity contribution in [2.75, 3.05) is 6.54 Å². The van der Waals surface area contributed by atoms with Crippen molar-refractivity contribution in [3.05, 3.63) is 29.6 Å². The molecule has 0 aromatic carbocycles. The molecule has 0 radical (unpaired) electrons. The normalized spacial score (nSPS) is 18.4. The van der Waals surface area contributed by atoms with Crippen molar-refractivity contribution in [2.45, 2.75) is 64.8 Å². The highest BCUT2D eigenvalue weighted by Crippen LogP contribution is 2.31. The molecule has 0 aliphatic heterocycles. The quantitative estimate of drug-likeness (QED) is 0.820. The van der Waals surface area contributed by atoms with E-state index in [1.807, 2.05) is 12.4 Å². The van der Waals surface area contributed by atoms with Crippen LogP contribution in [-0.4, -0.2) is 11.5 Å². The molecule has 0 amide bonds. The fraction of sp³-hybridized carbons (Fsp3) is 0.706. The first-order valence-corrected chi connectivity index (χ1v) is 7.94. The smallest absolute Gasteiger partial charge is 0.0338 e. The van der Waals surface area contributed by atoms with Crippen LogP contribution in [0.1, 0.15) is 69.0 Å². The number of rotatable bonds is 6. The summed E-state index contributed by atoms with van der Waals surface area (Å²) in [6.07, 6.45) is 13.6. The molecule has 1 aromatic rings. The van der Waals surface area contributed by atoms with E-state index in [9.17, 15) is 0 Å². The summed E-state index contributed by atoms with van der Waals surface area (Å²) < 4.78 is 0. The van der Waals surface area contributed by atoms with Crippen molar-refractivity contribution in [3.8, 4) is 0 Å². The van der Waals surface area contributed by atoms with Crippen molar-refractivity contribution < 1.29 is 0 Å². The summed E-state index contributed by atoms with van der Waals surface area (Å²) in [5.74, 6) is 0.906. The maximum atomic E-state index is 4.37. The van der Waals surface area contributed by atoms with E-state index in [1.165, 1.54) is 56.1 Å². The SMILES string of the molecule is CCCNC(CC1CCCCC1)c1cncc(C)c1. The number of pyridine rings is 1. The van der Waals surface area contributed by atoms with Crippen molar-refractivity contribution in [1.29, 1.82) is 0 Å². The van der Waals surface area contributed by atoms with Crippen LogP contribution in [-0.2, 0) is 0 Å². The molecule has 106 valence electrons. The zero-order chi connectivity index (χ0) is 13.5. The first-order chi connectivity index (χ1) is 9.29. The van der Waals surface area contributed by atoms with E-state index in [1.54, 1.807) is 0 Å². The molecule has 0 bridgehead atoms. The Labute approximate surface area is 118 Å². The third-order valence-corrected chi connectivity index (χ3v) is 4.23. The van der Waals surface area contributed by atoms with Gasteiger partial charge in [-0.25, -0.2) is 0 Å². The lowest BCUT2D eigenvalue weighted by atomic mass is 9.83. The fourth-order valence-corrected chi connectivity index (χ4v) is 3.18. The minimum Gasteiger partial charge on any atom is -0.310 e. The number of nitrogens with zero attached hydrogens (tertiary/aromatic N) is 1. The summed E-state index contributed by atoms with van der Waals surface area (Å²) in [6, 6.07) is 2.79. The molecule has 2 rings (SSSR count). The standard InChI is InChI=1S/C17H28N2/c1-3-9-19-17(11-15-7-5-4-6-8-15)16-10-14(2)12-18-13-16/h10,12-13,15,17,19H,3-9,11H2,1-2H3. The molecule has 1 aliphatic rings. The summed E-state index contributed by atoms with van der Waals surface area (Å²) in [6.45, 7) is 5.47. The van der Waals surface area contributed by atoms with Gasteiger partial charge < -0.3 is 5.32 Å². The summed E-state index contributed by atoms with van der Waals surface area (Å²) in [5, 5.41) is 3.72. The molecule has 1 aromatic heterocycles. The van der Waals surface area contributed by atoms with Crippen LogP contribution >= 0.6 is 0 Å². The highest BCUT2D eigenvalue weighted by Gasteiger charge is 2.20. The number of hydrogen-bond acceptors (Lipinski definition) is 2. The zero-order valence-corrected chi connectivity index (χ0v) is 12.5. The van der Waals surface area contributed by atoms with Crippen LogP contribution in [0.25, 0.3) is 0 Å². The largest absolute Gasteiger partial charge is 0.310 e. The van der Waals surface area contributed by atoms with Gasteiger partial charge in [0.15, 0.2) is 0 Å². The second-order valence-corrected chi connectivity index (χ2v) is 6.04. The molecule has 1 unspecified atom stereocenters. The summed E-state index contributed by atoms with van der Waals surface area (Å²) >= 11 is 0. The number of hydrogen-bond donors (Lipinski definition) is 1. The van der Waals surface area contributed by atoms with Crippen LogP contribution in [0.2, 0.25) is 0 Å². The number of aromatic nitrogens is 1. The highest BCUT2D eigenvalue weighted by molar-refractivity contribution is 5.20. The van der Waals surface area contributed by atoms with Gasteiger partial charge in [0.25, 0.3) is 0 Å². The van der Waals surface area contributed by atoms with Gasteiger partial charge in [-0.2, -0.15) is 0 Å². The average Bonchev–Trinajstić information content (AvgIpc) is 2.44. The van der Waals surface area contributed by atoms with Crippen LogP contribution in [0.5, 0.6) is 0 Å². The Morgan fingerprint density at radius 3 is 2.74 bits per heavy atom. The molecular formula is C17H28N2. The van der Waals surface area contributed by atoms with Crippen LogP contribution in [0.15, 0.2) is 18.5 Å². The predicted molar refractivity (Wildman–Crippen MR) is 81.2 cm³/mol.